The molecule has 19 heavy (non-hydrogen) atoms. The number of hydrogen-bond donors (Lipinski definition) is 2. The second-order valence-corrected chi connectivity index (χ2v) is 5.03. The fourth-order valence-corrected chi connectivity index (χ4v) is 2.48. The van der Waals surface area contributed by atoms with Crippen LogP contribution in [0.25, 0.3) is 11.0 Å². The zero-order valence-corrected chi connectivity index (χ0v) is 11.8. The average Bonchev–Trinajstić information content (AvgIpc) is 2.74. The molecule has 1 aromatic carbocycles. The van der Waals surface area contributed by atoms with E-state index < -0.39 is 0 Å². The highest BCUT2D eigenvalue weighted by Gasteiger charge is 2.10. The Morgan fingerprint density at radius 1 is 1.32 bits per heavy atom. The van der Waals surface area contributed by atoms with E-state index in [-0.39, 0.29) is 6.61 Å². The van der Waals surface area contributed by atoms with Crippen molar-refractivity contribution in [3.8, 4) is 0 Å². The maximum absolute atomic E-state index is 9.08. The highest BCUT2D eigenvalue weighted by molar-refractivity contribution is 5.78. The molecular formula is C15H23N3O. The van der Waals surface area contributed by atoms with E-state index in [1.54, 1.807) is 0 Å². The van der Waals surface area contributed by atoms with Crippen LogP contribution in [0.2, 0.25) is 0 Å². The molecule has 0 radical (unpaired) electrons. The van der Waals surface area contributed by atoms with Gasteiger partial charge < -0.3 is 15.0 Å². The molecule has 1 atom stereocenters. The quantitative estimate of drug-likeness (QED) is 0.805. The van der Waals surface area contributed by atoms with Crippen molar-refractivity contribution < 1.29 is 5.11 Å². The van der Waals surface area contributed by atoms with Gasteiger partial charge in [-0.15, -0.1) is 0 Å². The van der Waals surface area contributed by atoms with Crippen molar-refractivity contribution >= 4 is 17.0 Å². The van der Waals surface area contributed by atoms with Crippen LogP contribution >= 0.6 is 0 Å². The van der Waals surface area contributed by atoms with Crippen molar-refractivity contribution in [3.63, 3.8) is 0 Å². The van der Waals surface area contributed by atoms with E-state index in [9.17, 15) is 0 Å². The summed E-state index contributed by atoms with van der Waals surface area (Å²) >= 11 is 0. The van der Waals surface area contributed by atoms with Crippen molar-refractivity contribution in [2.45, 2.75) is 26.2 Å². The minimum absolute atomic E-state index is 0.259. The molecular weight excluding hydrogens is 238 g/mol. The Kier molecular flexibility index (Phi) is 4.80. The Balaban J connectivity index is 2.06. The Hall–Kier alpha value is -1.55. The molecule has 0 spiro atoms. The predicted octanol–water partition coefficient (Wildman–Crippen LogP) is 2.78. The summed E-state index contributed by atoms with van der Waals surface area (Å²) in [5.74, 6) is 1.41. The lowest BCUT2D eigenvalue weighted by Gasteiger charge is -2.16. The summed E-state index contributed by atoms with van der Waals surface area (Å²) in [7, 11) is 2.03. The van der Waals surface area contributed by atoms with Crippen molar-refractivity contribution in [1.82, 2.24) is 9.55 Å². The highest BCUT2D eigenvalue weighted by atomic mass is 16.3. The van der Waals surface area contributed by atoms with Crippen LogP contribution in [0, 0.1) is 5.92 Å². The van der Waals surface area contributed by atoms with Gasteiger partial charge in [0, 0.05) is 20.2 Å². The Morgan fingerprint density at radius 2 is 2.11 bits per heavy atom. The van der Waals surface area contributed by atoms with Gasteiger partial charge in [-0.25, -0.2) is 4.98 Å². The molecule has 0 aliphatic heterocycles. The molecule has 0 saturated carbocycles. The van der Waals surface area contributed by atoms with Gasteiger partial charge in [0.2, 0.25) is 5.95 Å². The molecule has 4 nitrogen and oxygen atoms in total. The van der Waals surface area contributed by atoms with Crippen LogP contribution < -0.4 is 5.32 Å². The highest BCUT2D eigenvalue weighted by Crippen LogP contribution is 2.19. The van der Waals surface area contributed by atoms with Crippen LogP contribution in [-0.4, -0.2) is 27.8 Å². The van der Waals surface area contributed by atoms with E-state index >= 15 is 0 Å². The van der Waals surface area contributed by atoms with Gasteiger partial charge in [0.15, 0.2) is 0 Å². The lowest BCUT2D eigenvalue weighted by molar-refractivity contribution is 0.255. The fraction of sp³-hybridized carbons (Fsp3) is 0.533. The minimum Gasteiger partial charge on any atom is -0.396 e. The molecule has 0 aliphatic carbocycles. The molecule has 0 bridgehead atoms. The molecule has 1 heterocycles. The molecule has 2 rings (SSSR count). The van der Waals surface area contributed by atoms with E-state index in [0.29, 0.717) is 5.92 Å². The number of hydrogen-bond acceptors (Lipinski definition) is 3. The molecule has 4 heteroatoms. The fourth-order valence-electron chi connectivity index (χ4n) is 2.48. The summed E-state index contributed by atoms with van der Waals surface area (Å²) in [5.41, 5.74) is 2.15. The van der Waals surface area contributed by atoms with Gasteiger partial charge in [-0.2, -0.15) is 0 Å². The third-order valence-corrected chi connectivity index (χ3v) is 3.57. The van der Waals surface area contributed by atoms with Crippen molar-refractivity contribution in [1.29, 1.82) is 0 Å². The zero-order valence-electron chi connectivity index (χ0n) is 11.8. The van der Waals surface area contributed by atoms with Gasteiger partial charge in [0.25, 0.3) is 0 Å². The van der Waals surface area contributed by atoms with E-state index in [0.717, 1.165) is 42.8 Å². The van der Waals surface area contributed by atoms with Crippen molar-refractivity contribution in [3.05, 3.63) is 24.3 Å². The molecule has 0 aliphatic rings. The molecule has 1 unspecified atom stereocenters. The molecule has 1 aromatic heterocycles. The Labute approximate surface area is 114 Å². The average molecular weight is 261 g/mol. The maximum atomic E-state index is 9.08. The summed E-state index contributed by atoms with van der Waals surface area (Å²) in [6.07, 6.45) is 3.14. The third-order valence-electron chi connectivity index (χ3n) is 3.57. The first-order chi connectivity index (χ1) is 9.26. The van der Waals surface area contributed by atoms with Crippen LogP contribution in [0.4, 0.5) is 5.95 Å². The largest absolute Gasteiger partial charge is 0.396 e. The van der Waals surface area contributed by atoms with Crippen LogP contribution in [0.1, 0.15) is 26.2 Å². The van der Waals surface area contributed by atoms with Crippen LogP contribution in [0.3, 0.4) is 0 Å². The number of para-hydroxylation sites is 2. The number of aliphatic hydroxyl groups excluding tert-OH is 1. The van der Waals surface area contributed by atoms with E-state index in [2.05, 4.69) is 27.9 Å². The molecule has 0 fully saturated rings. The summed E-state index contributed by atoms with van der Waals surface area (Å²) in [6.45, 7) is 3.31. The summed E-state index contributed by atoms with van der Waals surface area (Å²) in [6, 6.07) is 8.13. The standard InChI is InChI=1S/C15H23N3O/c1-3-6-12(9-10-19)11-16-15-17-13-7-4-5-8-14(13)18(15)2/h4-5,7-8,12,19H,3,6,9-11H2,1-2H3,(H,16,17). The Morgan fingerprint density at radius 3 is 2.79 bits per heavy atom. The number of aryl methyl sites for hydroxylation is 1. The van der Waals surface area contributed by atoms with Gasteiger partial charge in [0.05, 0.1) is 11.0 Å². The summed E-state index contributed by atoms with van der Waals surface area (Å²) in [4.78, 5) is 4.59. The first kappa shape index (κ1) is 13.9. The van der Waals surface area contributed by atoms with Gasteiger partial charge >= 0.3 is 0 Å². The van der Waals surface area contributed by atoms with E-state index in [1.807, 2.05) is 25.2 Å². The monoisotopic (exact) mass is 261 g/mol. The van der Waals surface area contributed by atoms with Gasteiger partial charge in [-0.3, -0.25) is 0 Å². The maximum Gasteiger partial charge on any atom is 0.203 e. The van der Waals surface area contributed by atoms with Crippen LogP contribution in [0.15, 0.2) is 24.3 Å². The van der Waals surface area contributed by atoms with Gasteiger partial charge in [-0.1, -0.05) is 25.5 Å². The van der Waals surface area contributed by atoms with Crippen molar-refractivity contribution in [2.24, 2.45) is 13.0 Å². The third kappa shape index (κ3) is 3.26. The molecule has 0 amide bonds. The van der Waals surface area contributed by atoms with Crippen molar-refractivity contribution in [2.75, 3.05) is 18.5 Å². The number of imidazole rings is 1. The SMILES string of the molecule is CCCC(CCO)CNc1nc2ccccc2n1C. The molecule has 2 N–H and O–H groups in total. The summed E-state index contributed by atoms with van der Waals surface area (Å²) in [5, 5.41) is 12.5. The second-order valence-electron chi connectivity index (χ2n) is 5.03. The second kappa shape index (κ2) is 6.57. The molecule has 2 aromatic rings. The topological polar surface area (TPSA) is 50.1 Å². The lowest BCUT2D eigenvalue weighted by Crippen LogP contribution is -2.17. The minimum atomic E-state index is 0.259. The zero-order chi connectivity index (χ0) is 13.7. The number of aromatic nitrogens is 2. The first-order valence-corrected chi connectivity index (χ1v) is 7.02. The van der Waals surface area contributed by atoms with E-state index in [1.165, 1.54) is 0 Å². The predicted molar refractivity (Wildman–Crippen MR) is 79.3 cm³/mol. The Bertz CT molecular complexity index is 515. The normalized spacial score (nSPS) is 12.8. The lowest BCUT2D eigenvalue weighted by atomic mass is 10.0. The van der Waals surface area contributed by atoms with Crippen LogP contribution in [-0.2, 0) is 7.05 Å². The molecule has 104 valence electrons. The van der Waals surface area contributed by atoms with Crippen LogP contribution in [0.5, 0.6) is 0 Å². The molecule has 0 saturated heterocycles. The van der Waals surface area contributed by atoms with E-state index in [4.69, 9.17) is 5.11 Å². The number of anilines is 1. The first-order valence-electron chi connectivity index (χ1n) is 7.02. The number of rotatable bonds is 7. The van der Waals surface area contributed by atoms with Gasteiger partial charge in [-0.05, 0) is 30.9 Å². The number of aliphatic hydroxyl groups is 1. The number of fused-ring (bicyclic) bond motifs is 1. The number of nitrogens with zero attached hydrogens (tertiary/aromatic N) is 2. The number of benzene rings is 1. The number of nitrogens with one attached hydrogen (secondary N) is 1. The smallest absolute Gasteiger partial charge is 0.203 e. The summed E-state index contributed by atoms with van der Waals surface area (Å²) < 4.78 is 2.08. The van der Waals surface area contributed by atoms with Gasteiger partial charge in [0.1, 0.15) is 0 Å².